The lowest BCUT2D eigenvalue weighted by Crippen LogP contribution is -2.21. The van der Waals surface area contributed by atoms with Crippen molar-refractivity contribution in [1.29, 1.82) is 0 Å². The van der Waals surface area contributed by atoms with Gasteiger partial charge in [0.2, 0.25) is 5.82 Å². The number of halogens is 1. The molecule has 0 saturated carbocycles. The lowest BCUT2D eigenvalue weighted by atomic mass is 10.1. The number of fused-ring (bicyclic) bond motifs is 1. The van der Waals surface area contributed by atoms with Crippen LogP contribution in [0.5, 0.6) is 0 Å². The Hall–Kier alpha value is -4.67. The van der Waals surface area contributed by atoms with Crippen molar-refractivity contribution in [2.24, 2.45) is 7.05 Å². The molecule has 1 amide bonds. The van der Waals surface area contributed by atoms with Crippen LogP contribution in [0.15, 0.2) is 54.6 Å². The average Bonchev–Trinajstić information content (AvgIpc) is 3.11. The number of carbonyl (C=O) groups is 2. The molecule has 0 aliphatic rings. The van der Waals surface area contributed by atoms with Crippen LogP contribution < -0.4 is 5.32 Å². The van der Waals surface area contributed by atoms with Crippen LogP contribution in [0.3, 0.4) is 0 Å². The first-order valence-corrected chi connectivity index (χ1v) is 10.1. The summed E-state index contributed by atoms with van der Waals surface area (Å²) in [5, 5.41) is 18.0. The average molecular weight is 463 g/mol. The molecule has 0 aliphatic heterocycles. The first-order chi connectivity index (χ1) is 16.2. The number of benzene rings is 2. The number of rotatable bonds is 6. The number of amides is 1. The molecule has 4 rings (SSSR count). The normalized spacial score (nSPS) is 10.8. The molecule has 1 N–H and O–H groups in total. The number of nitrogens with zero attached hydrogens (tertiary/aromatic N) is 4. The fourth-order valence-electron chi connectivity index (χ4n) is 3.50. The Morgan fingerprint density at radius 2 is 1.91 bits per heavy atom. The number of nitrogens with one attached hydrogen (secondary N) is 1. The lowest BCUT2D eigenvalue weighted by molar-refractivity contribution is -0.387. The fourth-order valence-corrected chi connectivity index (χ4v) is 3.50. The number of hydrogen-bond donors (Lipinski definition) is 1. The summed E-state index contributed by atoms with van der Waals surface area (Å²) in [6.07, 6.45) is 0. The molecule has 2 aromatic heterocycles. The summed E-state index contributed by atoms with van der Waals surface area (Å²) in [7, 11) is 1.71. The van der Waals surface area contributed by atoms with Crippen molar-refractivity contribution in [3.63, 3.8) is 0 Å². The molecule has 172 valence electrons. The third-order valence-electron chi connectivity index (χ3n) is 5.02. The van der Waals surface area contributed by atoms with E-state index in [4.69, 9.17) is 4.74 Å². The maximum atomic E-state index is 13.5. The molecule has 11 heteroatoms. The van der Waals surface area contributed by atoms with E-state index < -0.39 is 34.9 Å². The van der Waals surface area contributed by atoms with Gasteiger partial charge in [-0.15, -0.1) is 0 Å². The Balaban J connectivity index is 1.57. The quantitative estimate of drug-likeness (QED) is 0.262. The number of pyridine rings is 1. The van der Waals surface area contributed by atoms with Crippen LogP contribution in [0.2, 0.25) is 0 Å². The summed E-state index contributed by atoms with van der Waals surface area (Å²) in [5.74, 6) is -2.54. The van der Waals surface area contributed by atoms with E-state index in [0.717, 1.165) is 17.7 Å². The number of hydrogen-bond acceptors (Lipinski definition) is 7. The minimum atomic E-state index is -1.03. The van der Waals surface area contributed by atoms with Gasteiger partial charge in [-0.2, -0.15) is 9.49 Å². The van der Waals surface area contributed by atoms with Crippen molar-refractivity contribution in [2.45, 2.75) is 6.92 Å². The monoisotopic (exact) mass is 463 g/mol. The van der Waals surface area contributed by atoms with Crippen LogP contribution >= 0.6 is 0 Å². The largest absolute Gasteiger partial charge is 0.452 e. The molecule has 0 atom stereocenters. The minimum absolute atomic E-state index is 0.00471. The second kappa shape index (κ2) is 9.06. The summed E-state index contributed by atoms with van der Waals surface area (Å²) < 4.78 is 20.2. The summed E-state index contributed by atoms with van der Waals surface area (Å²) in [5.41, 5.74) is 1.77. The predicted molar refractivity (Wildman–Crippen MR) is 121 cm³/mol. The first kappa shape index (κ1) is 22.5. The molecule has 34 heavy (non-hydrogen) atoms. The highest BCUT2D eigenvalue weighted by molar-refractivity contribution is 6.05. The van der Waals surface area contributed by atoms with E-state index in [1.165, 1.54) is 6.07 Å². The molecular weight excluding hydrogens is 445 g/mol. The Morgan fingerprint density at radius 1 is 1.18 bits per heavy atom. The highest BCUT2D eigenvalue weighted by atomic mass is 19.1. The predicted octanol–water partition coefficient (Wildman–Crippen LogP) is 3.79. The van der Waals surface area contributed by atoms with Gasteiger partial charge in [0.05, 0.1) is 27.3 Å². The van der Waals surface area contributed by atoms with Crippen LogP contribution in [0.25, 0.3) is 22.3 Å². The van der Waals surface area contributed by atoms with Crippen LogP contribution in [-0.4, -0.2) is 38.2 Å². The van der Waals surface area contributed by atoms with Crippen molar-refractivity contribution in [3.8, 4) is 11.3 Å². The maximum Gasteiger partial charge on any atom is 0.339 e. The molecule has 0 radical (unpaired) electrons. The third-order valence-corrected chi connectivity index (χ3v) is 5.02. The number of aromatic nitrogens is 3. The molecular formula is C23H18FN5O5. The van der Waals surface area contributed by atoms with E-state index in [1.807, 2.05) is 30.3 Å². The van der Waals surface area contributed by atoms with Crippen molar-refractivity contribution >= 4 is 34.3 Å². The summed E-state index contributed by atoms with van der Waals surface area (Å²) >= 11 is 0. The van der Waals surface area contributed by atoms with Crippen molar-refractivity contribution < 1.29 is 23.6 Å². The van der Waals surface area contributed by atoms with E-state index in [2.05, 4.69) is 15.4 Å². The van der Waals surface area contributed by atoms with E-state index in [1.54, 1.807) is 24.7 Å². The second-order valence-corrected chi connectivity index (χ2v) is 7.38. The molecule has 0 unspecified atom stereocenters. The second-order valence-electron chi connectivity index (χ2n) is 7.38. The molecule has 2 aromatic carbocycles. The van der Waals surface area contributed by atoms with Crippen LogP contribution in [0, 0.1) is 22.9 Å². The third kappa shape index (κ3) is 4.44. The molecule has 0 bridgehead atoms. The molecule has 0 fully saturated rings. The van der Waals surface area contributed by atoms with E-state index in [0.29, 0.717) is 22.4 Å². The minimum Gasteiger partial charge on any atom is -0.452 e. The highest BCUT2D eigenvalue weighted by Crippen LogP contribution is 2.27. The van der Waals surface area contributed by atoms with Crippen molar-refractivity contribution in [1.82, 2.24) is 14.8 Å². The van der Waals surface area contributed by atoms with Gasteiger partial charge in [-0.1, -0.05) is 30.3 Å². The topological polar surface area (TPSA) is 129 Å². The molecule has 0 spiro atoms. The number of nitro benzene ring substituents is 1. The maximum absolute atomic E-state index is 13.5. The van der Waals surface area contributed by atoms with E-state index in [-0.39, 0.29) is 11.3 Å². The Morgan fingerprint density at radius 3 is 2.62 bits per heavy atom. The Labute approximate surface area is 192 Å². The van der Waals surface area contributed by atoms with E-state index >= 15 is 0 Å². The Kier molecular flexibility index (Phi) is 6.00. The first-order valence-electron chi connectivity index (χ1n) is 10.1. The number of aryl methyl sites for hydroxylation is 2. The number of anilines is 1. The van der Waals surface area contributed by atoms with Crippen molar-refractivity contribution in [2.75, 3.05) is 11.9 Å². The summed E-state index contributed by atoms with van der Waals surface area (Å²) in [6, 6.07) is 13.7. The van der Waals surface area contributed by atoms with Crippen LogP contribution in [0.4, 0.5) is 15.8 Å². The zero-order chi connectivity index (χ0) is 24.4. The number of ether oxygens (including phenoxy) is 1. The van der Waals surface area contributed by atoms with Gasteiger partial charge in [0, 0.05) is 24.4 Å². The lowest BCUT2D eigenvalue weighted by Gasteiger charge is -2.09. The van der Waals surface area contributed by atoms with Gasteiger partial charge in [-0.3, -0.25) is 19.6 Å². The number of nitro groups is 1. The van der Waals surface area contributed by atoms with Gasteiger partial charge in [-0.05, 0) is 25.1 Å². The zero-order valence-corrected chi connectivity index (χ0v) is 18.1. The summed E-state index contributed by atoms with van der Waals surface area (Å²) in [6.45, 7) is 1.07. The number of carbonyl (C=O) groups excluding carboxylic acids is 2. The molecule has 0 aliphatic carbocycles. The fraction of sp³-hybridized carbons (Fsp3) is 0.130. The molecule has 2 heterocycles. The van der Waals surface area contributed by atoms with Gasteiger partial charge in [0.1, 0.15) is 0 Å². The molecule has 0 saturated heterocycles. The molecule has 10 nitrogen and oxygen atoms in total. The van der Waals surface area contributed by atoms with Gasteiger partial charge in [0.15, 0.2) is 12.3 Å². The van der Waals surface area contributed by atoms with E-state index in [9.17, 15) is 24.1 Å². The zero-order valence-electron chi connectivity index (χ0n) is 18.1. The molecule has 4 aromatic rings. The number of esters is 1. The van der Waals surface area contributed by atoms with Crippen LogP contribution in [0.1, 0.15) is 16.1 Å². The van der Waals surface area contributed by atoms with Crippen LogP contribution in [-0.2, 0) is 16.6 Å². The van der Waals surface area contributed by atoms with Gasteiger partial charge >= 0.3 is 11.7 Å². The van der Waals surface area contributed by atoms with Gasteiger partial charge < -0.3 is 10.1 Å². The standard InChI is InChI=1S/C23H18FN5O5/c1-13-21-16(11-18(14-6-4-3-5-7-14)26-22(21)28(2)27-13)23(31)34-12-20(30)25-15-8-9-17(24)19(10-15)29(32)33/h3-11H,12H2,1-2H3,(H,25,30). The Bertz CT molecular complexity index is 1430. The smallest absolute Gasteiger partial charge is 0.339 e. The van der Waals surface area contributed by atoms with Crippen molar-refractivity contribution in [3.05, 3.63) is 81.8 Å². The summed E-state index contributed by atoms with van der Waals surface area (Å²) in [4.78, 5) is 39.8. The SMILES string of the molecule is Cc1nn(C)c2nc(-c3ccccc3)cc(C(=O)OCC(=O)Nc3ccc(F)c([N+](=O)[O-])c3)c12. The van der Waals surface area contributed by atoms with Gasteiger partial charge in [-0.25, -0.2) is 9.78 Å². The highest BCUT2D eigenvalue weighted by Gasteiger charge is 2.21. The van der Waals surface area contributed by atoms with Gasteiger partial charge in [0.25, 0.3) is 5.91 Å².